The van der Waals surface area contributed by atoms with Crippen LogP contribution < -0.4 is 0 Å². The van der Waals surface area contributed by atoms with Crippen LogP contribution in [0.4, 0.5) is 0 Å². The lowest BCUT2D eigenvalue weighted by Crippen LogP contribution is -2.21. The molecule has 0 spiro atoms. The third-order valence-electron chi connectivity index (χ3n) is 4.79. The van der Waals surface area contributed by atoms with Gasteiger partial charge in [-0.1, -0.05) is 83.3 Å². The fraction of sp³-hybridized carbons (Fsp3) is 0.870. The van der Waals surface area contributed by atoms with Gasteiger partial charge in [0, 0.05) is 6.42 Å². The van der Waals surface area contributed by atoms with Gasteiger partial charge in [-0.25, -0.2) is 0 Å². The van der Waals surface area contributed by atoms with Crippen molar-refractivity contribution in [2.75, 3.05) is 13.2 Å². The minimum Gasteiger partial charge on any atom is -0.463 e. The van der Waals surface area contributed by atoms with E-state index < -0.39 is 6.10 Å². The molecule has 2 N–H and O–H groups in total. The maximum Gasteiger partial charge on any atom is 0.305 e. The molecular weight excluding hydrogens is 340 g/mol. The van der Waals surface area contributed by atoms with Gasteiger partial charge in [-0.05, 0) is 32.1 Å². The van der Waals surface area contributed by atoms with Crippen molar-refractivity contribution < 1.29 is 19.7 Å². The number of esters is 1. The molecule has 0 saturated heterocycles. The van der Waals surface area contributed by atoms with Crippen LogP contribution in [-0.4, -0.2) is 35.5 Å². The molecule has 160 valence electrons. The zero-order valence-electron chi connectivity index (χ0n) is 17.7. The van der Waals surface area contributed by atoms with Crippen molar-refractivity contribution in [3.63, 3.8) is 0 Å². The lowest BCUT2D eigenvalue weighted by Gasteiger charge is -2.08. The summed E-state index contributed by atoms with van der Waals surface area (Å²) in [6.45, 7) is 1.78. The molecule has 0 amide bonds. The molecule has 0 aromatic carbocycles. The molecule has 0 unspecified atom stereocenters. The summed E-state index contributed by atoms with van der Waals surface area (Å²) in [7, 11) is 0. The molecule has 0 bridgehead atoms. The Morgan fingerprint density at radius 1 is 0.815 bits per heavy atom. The minimum atomic E-state index is -0.958. The van der Waals surface area contributed by atoms with Gasteiger partial charge < -0.3 is 14.9 Å². The Balaban J connectivity index is 3.18. The molecule has 0 aliphatic heterocycles. The van der Waals surface area contributed by atoms with Gasteiger partial charge in [-0.15, -0.1) is 0 Å². The van der Waals surface area contributed by atoms with Gasteiger partial charge in [-0.2, -0.15) is 0 Å². The van der Waals surface area contributed by atoms with Gasteiger partial charge >= 0.3 is 5.97 Å². The molecule has 0 aliphatic rings. The van der Waals surface area contributed by atoms with Crippen LogP contribution in [-0.2, 0) is 9.53 Å². The van der Waals surface area contributed by atoms with E-state index in [0.717, 1.165) is 12.8 Å². The summed E-state index contributed by atoms with van der Waals surface area (Å²) in [5.41, 5.74) is 0. The van der Waals surface area contributed by atoms with Gasteiger partial charge in [0.1, 0.15) is 12.7 Å². The quantitative estimate of drug-likeness (QED) is 0.160. The fourth-order valence-electron chi connectivity index (χ4n) is 3.01. The molecule has 1 atom stereocenters. The van der Waals surface area contributed by atoms with Crippen molar-refractivity contribution in [2.24, 2.45) is 0 Å². The van der Waals surface area contributed by atoms with E-state index in [1.54, 1.807) is 0 Å². The van der Waals surface area contributed by atoms with Crippen LogP contribution in [0.5, 0.6) is 0 Å². The summed E-state index contributed by atoms with van der Waals surface area (Å²) in [5, 5.41) is 17.7. The molecule has 4 nitrogen and oxygen atoms in total. The van der Waals surface area contributed by atoms with Crippen molar-refractivity contribution in [2.45, 2.75) is 116 Å². The molecule has 0 saturated carbocycles. The molecule has 0 aromatic rings. The van der Waals surface area contributed by atoms with Crippen LogP contribution in [0.25, 0.3) is 0 Å². The van der Waals surface area contributed by atoms with Crippen molar-refractivity contribution in [3.05, 3.63) is 12.2 Å². The largest absolute Gasteiger partial charge is 0.463 e. The summed E-state index contributed by atoms with van der Waals surface area (Å²) in [4.78, 5) is 11.4. The highest BCUT2D eigenvalue weighted by atomic mass is 16.5. The van der Waals surface area contributed by atoms with E-state index in [4.69, 9.17) is 14.9 Å². The lowest BCUT2D eigenvalue weighted by molar-refractivity contribution is -0.147. The number of aliphatic hydroxyl groups is 2. The van der Waals surface area contributed by atoms with E-state index >= 15 is 0 Å². The van der Waals surface area contributed by atoms with Crippen molar-refractivity contribution >= 4 is 5.97 Å². The van der Waals surface area contributed by atoms with E-state index in [2.05, 4.69) is 19.1 Å². The van der Waals surface area contributed by atoms with Crippen molar-refractivity contribution in [3.8, 4) is 0 Å². The third-order valence-corrected chi connectivity index (χ3v) is 4.79. The number of allylic oxidation sites excluding steroid dienone is 2. The van der Waals surface area contributed by atoms with Crippen LogP contribution in [0.15, 0.2) is 12.2 Å². The van der Waals surface area contributed by atoms with E-state index in [1.807, 2.05) is 0 Å². The van der Waals surface area contributed by atoms with Crippen LogP contribution in [0.2, 0.25) is 0 Å². The first-order chi connectivity index (χ1) is 13.2. The average molecular weight is 385 g/mol. The Labute approximate surface area is 167 Å². The number of carbonyl (C=O) groups excluding carboxylic acids is 1. The number of hydrogen-bond donors (Lipinski definition) is 2. The first-order valence-electron chi connectivity index (χ1n) is 11.3. The second-order valence-electron chi connectivity index (χ2n) is 7.56. The maximum atomic E-state index is 11.4. The predicted molar refractivity (Wildman–Crippen MR) is 113 cm³/mol. The van der Waals surface area contributed by atoms with Crippen molar-refractivity contribution in [1.29, 1.82) is 0 Å². The van der Waals surface area contributed by atoms with Crippen LogP contribution in [0.3, 0.4) is 0 Å². The second-order valence-corrected chi connectivity index (χ2v) is 7.56. The van der Waals surface area contributed by atoms with E-state index in [0.29, 0.717) is 6.42 Å². The van der Waals surface area contributed by atoms with E-state index in [9.17, 15) is 4.79 Å². The predicted octanol–water partition coefficient (Wildman–Crippen LogP) is 5.70. The molecule has 0 rings (SSSR count). The van der Waals surface area contributed by atoms with Gasteiger partial charge in [0.25, 0.3) is 0 Å². The lowest BCUT2D eigenvalue weighted by atomic mass is 10.1. The summed E-state index contributed by atoms with van der Waals surface area (Å²) in [6, 6.07) is 0. The van der Waals surface area contributed by atoms with Gasteiger partial charge in [0.15, 0.2) is 0 Å². The highest BCUT2D eigenvalue weighted by molar-refractivity contribution is 5.69. The van der Waals surface area contributed by atoms with E-state index in [-0.39, 0.29) is 19.2 Å². The van der Waals surface area contributed by atoms with Gasteiger partial charge in [-0.3, -0.25) is 4.79 Å². The summed E-state index contributed by atoms with van der Waals surface area (Å²) >= 11 is 0. The van der Waals surface area contributed by atoms with E-state index in [1.165, 1.54) is 83.5 Å². The monoisotopic (exact) mass is 384 g/mol. The Morgan fingerprint density at radius 2 is 1.30 bits per heavy atom. The Hall–Kier alpha value is -0.870. The normalized spacial score (nSPS) is 12.6. The summed E-state index contributed by atoms with van der Waals surface area (Å²) in [6.07, 6.45) is 23.0. The number of aliphatic hydroxyl groups excluding tert-OH is 2. The van der Waals surface area contributed by atoms with Crippen LogP contribution in [0, 0.1) is 0 Å². The number of rotatable bonds is 20. The first-order valence-corrected chi connectivity index (χ1v) is 11.3. The number of carbonyl (C=O) groups is 1. The zero-order chi connectivity index (χ0) is 20.0. The van der Waals surface area contributed by atoms with Crippen molar-refractivity contribution in [1.82, 2.24) is 0 Å². The zero-order valence-corrected chi connectivity index (χ0v) is 17.7. The molecule has 0 heterocycles. The summed E-state index contributed by atoms with van der Waals surface area (Å²) < 4.78 is 4.87. The smallest absolute Gasteiger partial charge is 0.305 e. The molecule has 27 heavy (non-hydrogen) atoms. The molecular formula is C23H44O4. The standard InChI is InChI=1S/C23H44O4/c1-2-3-4-5-6-7-8-9-10-11-12-13-14-15-16-17-18-19-23(26)27-21-22(25)20-24/h7-8,22,24-25H,2-6,9-21H2,1H3/b8-7+/t22-/m0/s1. The molecule has 0 radical (unpaired) electrons. The fourth-order valence-corrected chi connectivity index (χ4v) is 3.01. The molecule has 0 fully saturated rings. The van der Waals surface area contributed by atoms with Gasteiger partial charge in [0.05, 0.1) is 6.61 Å². The average Bonchev–Trinajstić information content (AvgIpc) is 2.68. The Kier molecular flexibility index (Phi) is 20.7. The summed E-state index contributed by atoms with van der Waals surface area (Å²) in [5.74, 6) is -0.280. The highest BCUT2D eigenvalue weighted by Gasteiger charge is 2.07. The van der Waals surface area contributed by atoms with Crippen LogP contribution >= 0.6 is 0 Å². The molecule has 0 aromatic heterocycles. The third kappa shape index (κ3) is 21.3. The second kappa shape index (κ2) is 21.4. The number of unbranched alkanes of at least 4 members (excludes halogenated alkanes) is 13. The maximum absolute atomic E-state index is 11.4. The molecule has 4 heteroatoms. The number of hydrogen-bond acceptors (Lipinski definition) is 4. The Bertz CT molecular complexity index is 341. The Morgan fingerprint density at radius 3 is 1.81 bits per heavy atom. The molecule has 0 aliphatic carbocycles. The topological polar surface area (TPSA) is 66.8 Å². The SMILES string of the molecule is CCCCCC/C=C/CCCCCCCCCCCC(=O)OC[C@@H](O)CO. The highest BCUT2D eigenvalue weighted by Crippen LogP contribution is 2.12. The van der Waals surface area contributed by atoms with Crippen LogP contribution in [0.1, 0.15) is 110 Å². The first kappa shape index (κ1) is 26.1. The number of ether oxygens (including phenoxy) is 1. The van der Waals surface area contributed by atoms with Gasteiger partial charge in [0.2, 0.25) is 0 Å². The minimum absolute atomic E-state index is 0.107.